The molecule has 0 saturated carbocycles. The summed E-state index contributed by atoms with van der Waals surface area (Å²) in [4.78, 5) is 0. The maximum atomic E-state index is 12.2. The van der Waals surface area contributed by atoms with Crippen LogP contribution in [0, 0.1) is 0 Å². The van der Waals surface area contributed by atoms with Crippen molar-refractivity contribution in [2.45, 2.75) is 31.7 Å². The highest BCUT2D eigenvalue weighted by Crippen LogP contribution is 2.21. The Morgan fingerprint density at radius 2 is 1.78 bits per heavy atom. The van der Waals surface area contributed by atoms with Crippen molar-refractivity contribution in [1.82, 2.24) is 4.31 Å². The Morgan fingerprint density at radius 1 is 1.11 bits per heavy atom. The molecule has 0 N–H and O–H groups in total. The second-order valence-electron chi connectivity index (χ2n) is 4.71. The Labute approximate surface area is 114 Å². The molecule has 0 radical (unpaired) electrons. The molecule has 1 rings (SSSR count). The van der Waals surface area contributed by atoms with Crippen LogP contribution >= 0.6 is 11.6 Å². The highest BCUT2D eigenvalue weighted by atomic mass is 35.5. The van der Waals surface area contributed by atoms with E-state index in [1.54, 1.807) is 0 Å². The molecule has 5 nitrogen and oxygen atoms in total. The van der Waals surface area contributed by atoms with Crippen molar-refractivity contribution in [1.29, 1.82) is 0 Å². The number of alkyl halides is 1. The van der Waals surface area contributed by atoms with Gasteiger partial charge in [-0.2, -0.15) is 4.31 Å². The average Bonchev–Trinajstić information content (AvgIpc) is 2.50. The molecule has 8 heteroatoms. The largest absolute Gasteiger partial charge is 0.229 e. The summed E-state index contributed by atoms with van der Waals surface area (Å²) >= 11 is 5.82. The number of halogens is 1. The molecule has 0 aromatic rings. The van der Waals surface area contributed by atoms with Gasteiger partial charge in [0.1, 0.15) is 9.84 Å². The number of hydrogen-bond acceptors (Lipinski definition) is 4. The number of nitrogens with zero attached hydrogens (tertiary/aromatic N) is 1. The summed E-state index contributed by atoms with van der Waals surface area (Å²) in [5.41, 5.74) is 0. The maximum absolute atomic E-state index is 12.2. The van der Waals surface area contributed by atoms with Crippen LogP contribution in [0.15, 0.2) is 0 Å². The van der Waals surface area contributed by atoms with Crippen LogP contribution in [0.4, 0.5) is 0 Å². The first kappa shape index (κ1) is 16.2. The molecular weight excluding hydrogens is 298 g/mol. The van der Waals surface area contributed by atoms with Gasteiger partial charge in [-0.25, -0.2) is 16.8 Å². The van der Waals surface area contributed by atoms with Gasteiger partial charge in [0.25, 0.3) is 0 Å². The predicted molar refractivity (Wildman–Crippen MR) is 73.2 cm³/mol. The van der Waals surface area contributed by atoms with Crippen molar-refractivity contribution in [3.8, 4) is 0 Å². The summed E-state index contributed by atoms with van der Waals surface area (Å²) in [5.74, 6) is -0.418. The van der Waals surface area contributed by atoms with Gasteiger partial charge in [0.05, 0.1) is 11.5 Å². The molecule has 1 atom stereocenters. The molecule has 0 spiro atoms. The third kappa shape index (κ3) is 5.03. The molecule has 1 aliphatic rings. The molecule has 1 heterocycles. The van der Waals surface area contributed by atoms with E-state index in [1.165, 1.54) is 4.31 Å². The van der Waals surface area contributed by atoms with Gasteiger partial charge < -0.3 is 0 Å². The highest BCUT2D eigenvalue weighted by Gasteiger charge is 2.30. The van der Waals surface area contributed by atoms with E-state index in [-0.39, 0.29) is 23.4 Å². The lowest BCUT2D eigenvalue weighted by Gasteiger charge is -2.27. The van der Waals surface area contributed by atoms with Crippen molar-refractivity contribution in [2.24, 2.45) is 0 Å². The molecule has 1 saturated heterocycles. The van der Waals surface area contributed by atoms with E-state index >= 15 is 0 Å². The minimum atomic E-state index is -3.53. The van der Waals surface area contributed by atoms with Crippen LogP contribution in [-0.4, -0.2) is 57.4 Å². The van der Waals surface area contributed by atoms with E-state index in [1.807, 2.05) is 0 Å². The quantitative estimate of drug-likeness (QED) is 0.705. The third-order valence-corrected chi connectivity index (χ3v) is 6.55. The van der Waals surface area contributed by atoms with Crippen molar-refractivity contribution in [2.75, 3.05) is 30.2 Å². The average molecular weight is 318 g/mol. The normalized spacial score (nSPS) is 23.8. The first-order valence-corrected chi connectivity index (χ1v) is 10.2. The SMILES string of the molecule is CS(=O)(=O)CCS(=O)(=O)N1CCCCCC1CCl. The number of hydrogen-bond donors (Lipinski definition) is 0. The van der Waals surface area contributed by atoms with E-state index in [0.29, 0.717) is 6.54 Å². The Bertz CT molecular complexity index is 460. The van der Waals surface area contributed by atoms with Crippen LogP contribution < -0.4 is 0 Å². The molecular formula is C10H20ClNO4S2. The lowest BCUT2D eigenvalue weighted by molar-refractivity contribution is 0.345. The molecule has 18 heavy (non-hydrogen) atoms. The van der Waals surface area contributed by atoms with Gasteiger partial charge in [-0.05, 0) is 12.8 Å². The van der Waals surface area contributed by atoms with Crippen LogP contribution in [0.1, 0.15) is 25.7 Å². The van der Waals surface area contributed by atoms with E-state index in [9.17, 15) is 16.8 Å². The molecule has 0 amide bonds. The fraction of sp³-hybridized carbons (Fsp3) is 1.00. The summed E-state index contributed by atoms with van der Waals surface area (Å²) in [7, 11) is -6.80. The zero-order valence-corrected chi connectivity index (χ0v) is 12.9. The molecule has 1 fully saturated rings. The molecule has 0 bridgehead atoms. The first-order valence-electron chi connectivity index (χ1n) is 5.99. The van der Waals surface area contributed by atoms with Gasteiger partial charge in [0.2, 0.25) is 10.0 Å². The lowest BCUT2D eigenvalue weighted by atomic mass is 10.1. The van der Waals surface area contributed by atoms with E-state index in [0.717, 1.165) is 31.9 Å². The number of sulfonamides is 1. The fourth-order valence-corrected chi connectivity index (χ4v) is 5.78. The summed E-state index contributed by atoms with van der Waals surface area (Å²) in [6.07, 6.45) is 4.57. The van der Waals surface area contributed by atoms with Gasteiger partial charge >= 0.3 is 0 Å². The molecule has 108 valence electrons. The lowest BCUT2D eigenvalue weighted by Crippen LogP contribution is -2.43. The van der Waals surface area contributed by atoms with Gasteiger partial charge in [0.15, 0.2) is 0 Å². The van der Waals surface area contributed by atoms with Gasteiger partial charge in [-0.15, -0.1) is 11.6 Å². The summed E-state index contributed by atoms with van der Waals surface area (Å²) in [6.45, 7) is 0.448. The maximum Gasteiger partial charge on any atom is 0.215 e. The molecule has 0 aliphatic carbocycles. The Hall–Kier alpha value is 0.150. The Balaban J connectivity index is 2.80. The van der Waals surface area contributed by atoms with Crippen LogP contribution in [-0.2, 0) is 19.9 Å². The molecule has 1 unspecified atom stereocenters. The van der Waals surface area contributed by atoms with Gasteiger partial charge in [-0.3, -0.25) is 0 Å². The summed E-state index contributed by atoms with van der Waals surface area (Å²) in [6, 6.07) is -0.196. The van der Waals surface area contributed by atoms with Crippen LogP contribution in [0.2, 0.25) is 0 Å². The van der Waals surface area contributed by atoms with Crippen molar-refractivity contribution >= 4 is 31.5 Å². The number of sulfone groups is 1. The second-order valence-corrected chi connectivity index (χ2v) is 9.32. The molecule has 0 aromatic carbocycles. The van der Waals surface area contributed by atoms with Crippen LogP contribution in [0.5, 0.6) is 0 Å². The van der Waals surface area contributed by atoms with Gasteiger partial charge in [-0.1, -0.05) is 12.8 Å². The minimum Gasteiger partial charge on any atom is -0.229 e. The van der Waals surface area contributed by atoms with Crippen molar-refractivity contribution in [3.05, 3.63) is 0 Å². The standard InChI is InChI=1S/C10H20ClNO4S2/c1-17(13,14)7-8-18(15,16)12-6-4-2-3-5-10(12)9-11/h10H,2-9H2,1H3. The van der Waals surface area contributed by atoms with E-state index in [2.05, 4.69) is 0 Å². The third-order valence-electron chi connectivity index (χ3n) is 3.07. The minimum absolute atomic E-state index is 0.196. The Morgan fingerprint density at radius 3 is 2.33 bits per heavy atom. The van der Waals surface area contributed by atoms with E-state index < -0.39 is 19.9 Å². The summed E-state index contributed by atoms with van der Waals surface area (Å²) < 4.78 is 47.9. The topological polar surface area (TPSA) is 71.5 Å². The molecule has 0 aromatic heterocycles. The van der Waals surface area contributed by atoms with Crippen molar-refractivity contribution in [3.63, 3.8) is 0 Å². The molecule has 1 aliphatic heterocycles. The first-order chi connectivity index (χ1) is 8.26. The van der Waals surface area contributed by atoms with Crippen LogP contribution in [0.25, 0.3) is 0 Å². The Kier molecular flexibility index (Phi) is 5.89. The highest BCUT2D eigenvalue weighted by molar-refractivity contribution is 7.93. The number of rotatable bonds is 5. The zero-order valence-electron chi connectivity index (χ0n) is 10.5. The summed E-state index contributed by atoms with van der Waals surface area (Å²) in [5, 5.41) is 0. The fourth-order valence-electron chi connectivity index (χ4n) is 2.05. The van der Waals surface area contributed by atoms with Gasteiger partial charge in [0, 0.05) is 24.7 Å². The second kappa shape index (κ2) is 6.54. The smallest absolute Gasteiger partial charge is 0.215 e. The van der Waals surface area contributed by atoms with Crippen LogP contribution in [0.3, 0.4) is 0 Å². The monoisotopic (exact) mass is 317 g/mol. The zero-order chi connectivity index (χ0) is 13.8. The van der Waals surface area contributed by atoms with E-state index in [4.69, 9.17) is 11.6 Å². The predicted octanol–water partition coefficient (Wildman–Crippen LogP) is 0.844. The van der Waals surface area contributed by atoms with Crippen molar-refractivity contribution < 1.29 is 16.8 Å².